The second kappa shape index (κ2) is 11.1. The number of alkyl halides is 6. The summed E-state index contributed by atoms with van der Waals surface area (Å²) in [5.74, 6) is -1.50. The Kier molecular flexibility index (Phi) is 7.96. The number of hydrogen-bond donors (Lipinski definition) is 1. The number of aromatic nitrogens is 2. The summed E-state index contributed by atoms with van der Waals surface area (Å²) >= 11 is 0. The number of amides is 2. The van der Waals surface area contributed by atoms with Crippen molar-refractivity contribution < 1.29 is 35.9 Å². The summed E-state index contributed by atoms with van der Waals surface area (Å²) in [6, 6.07) is 13.2. The fraction of sp³-hybridized carbons (Fsp3) is 0.207. The monoisotopic (exact) mass is 574 g/mol. The third kappa shape index (κ3) is 6.42. The minimum Gasteiger partial charge on any atom is -0.347 e. The molecule has 0 saturated heterocycles. The highest BCUT2D eigenvalue weighted by atomic mass is 19.4. The van der Waals surface area contributed by atoms with E-state index in [0.29, 0.717) is 11.3 Å². The smallest absolute Gasteiger partial charge is 0.347 e. The Bertz CT molecular complexity index is 1570. The largest absolute Gasteiger partial charge is 0.416 e. The van der Waals surface area contributed by atoms with Gasteiger partial charge < -0.3 is 10.2 Å². The molecule has 0 bridgehead atoms. The summed E-state index contributed by atoms with van der Waals surface area (Å²) in [5, 5.41) is 6.65. The van der Waals surface area contributed by atoms with Crippen LogP contribution >= 0.6 is 0 Å². The second-order valence-electron chi connectivity index (χ2n) is 9.44. The van der Waals surface area contributed by atoms with Gasteiger partial charge in [0.2, 0.25) is 5.91 Å². The molecule has 0 saturated carbocycles. The summed E-state index contributed by atoms with van der Waals surface area (Å²) in [6.07, 6.45) is -7.70. The third-order valence-corrected chi connectivity index (χ3v) is 6.41. The number of rotatable bonds is 6. The molecule has 1 aromatic heterocycles. The van der Waals surface area contributed by atoms with E-state index in [9.17, 15) is 35.9 Å². The molecule has 0 aliphatic rings. The number of carbonyl (C=O) groups is 2. The minimum atomic E-state index is -4.68. The van der Waals surface area contributed by atoms with E-state index in [0.717, 1.165) is 35.2 Å². The molecule has 6 nitrogen and oxygen atoms in total. The van der Waals surface area contributed by atoms with Crippen LogP contribution in [0.3, 0.4) is 0 Å². The number of likely N-dealkylation sites (N-methyl/N-ethyl adjacent to an activating group) is 1. The van der Waals surface area contributed by atoms with E-state index in [1.54, 1.807) is 29.9 Å². The van der Waals surface area contributed by atoms with E-state index in [4.69, 9.17) is 0 Å². The average molecular weight is 575 g/mol. The van der Waals surface area contributed by atoms with Crippen LogP contribution in [0.25, 0.3) is 22.4 Å². The van der Waals surface area contributed by atoms with Gasteiger partial charge in [-0.3, -0.25) is 14.3 Å². The van der Waals surface area contributed by atoms with Crippen molar-refractivity contribution in [3.8, 4) is 22.4 Å². The van der Waals surface area contributed by atoms with Gasteiger partial charge >= 0.3 is 12.4 Å². The quantitative estimate of drug-likeness (QED) is 0.273. The van der Waals surface area contributed by atoms with Gasteiger partial charge in [-0.15, -0.1) is 0 Å². The Morgan fingerprint density at radius 3 is 2.02 bits per heavy atom. The lowest BCUT2D eigenvalue weighted by molar-refractivity contribution is -0.138. The topological polar surface area (TPSA) is 67.2 Å². The lowest BCUT2D eigenvalue weighted by Crippen LogP contribution is -2.40. The van der Waals surface area contributed by atoms with Crippen molar-refractivity contribution in [3.05, 3.63) is 101 Å². The summed E-state index contributed by atoms with van der Waals surface area (Å²) < 4.78 is 81.2. The summed E-state index contributed by atoms with van der Waals surface area (Å²) in [4.78, 5) is 28.0. The zero-order chi connectivity index (χ0) is 30.1. The molecule has 12 heteroatoms. The van der Waals surface area contributed by atoms with E-state index >= 15 is 0 Å². The normalized spacial score (nSPS) is 12.6. The minimum absolute atomic E-state index is 0.00742. The van der Waals surface area contributed by atoms with Crippen molar-refractivity contribution in [3.63, 3.8) is 0 Å². The molecular formula is C29H24F6N4O2. The first-order valence-electron chi connectivity index (χ1n) is 12.2. The fourth-order valence-corrected chi connectivity index (χ4v) is 4.29. The first kappa shape index (κ1) is 29.4. The van der Waals surface area contributed by atoms with Crippen molar-refractivity contribution >= 4 is 11.8 Å². The van der Waals surface area contributed by atoms with Crippen molar-refractivity contribution in [1.82, 2.24) is 20.0 Å². The van der Waals surface area contributed by atoms with Crippen molar-refractivity contribution in [2.45, 2.75) is 18.4 Å². The average Bonchev–Trinajstić information content (AvgIpc) is 3.35. The van der Waals surface area contributed by atoms with Crippen molar-refractivity contribution in [1.29, 1.82) is 0 Å². The molecule has 0 aliphatic heterocycles. The van der Waals surface area contributed by atoms with Gasteiger partial charge in [0.1, 0.15) is 6.04 Å². The van der Waals surface area contributed by atoms with Gasteiger partial charge in [0, 0.05) is 38.5 Å². The fourth-order valence-electron chi connectivity index (χ4n) is 4.29. The van der Waals surface area contributed by atoms with Gasteiger partial charge in [-0.2, -0.15) is 31.4 Å². The van der Waals surface area contributed by atoms with Crippen LogP contribution in [0.1, 0.15) is 33.1 Å². The highest BCUT2D eigenvalue weighted by Gasteiger charge is 2.33. The second-order valence-corrected chi connectivity index (χ2v) is 9.44. The van der Waals surface area contributed by atoms with Crippen molar-refractivity contribution in [2.75, 3.05) is 14.1 Å². The Morgan fingerprint density at radius 1 is 0.829 bits per heavy atom. The number of benzene rings is 3. The van der Waals surface area contributed by atoms with Crippen LogP contribution in [-0.2, 0) is 24.2 Å². The molecule has 1 atom stereocenters. The molecule has 4 aromatic rings. The molecule has 0 aliphatic carbocycles. The van der Waals surface area contributed by atoms with Crippen LogP contribution in [0.4, 0.5) is 26.3 Å². The zero-order valence-corrected chi connectivity index (χ0v) is 22.0. The van der Waals surface area contributed by atoms with Gasteiger partial charge in [0.25, 0.3) is 5.91 Å². The number of carbonyl (C=O) groups excluding carboxylic acids is 2. The van der Waals surface area contributed by atoms with Crippen LogP contribution < -0.4 is 5.32 Å². The van der Waals surface area contributed by atoms with Crippen LogP contribution in [-0.4, -0.2) is 40.6 Å². The zero-order valence-electron chi connectivity index (χ0n) is 22.0. The van der Waals surface area contributed by atoms with Crippen LogP contribution in [0, 0.1) is 0 Å². The predicted molar refractivity (Wildman–Crippen MR) is 139 cm³/mol. The maximum Gasteiger partial charge on any atom is 0.416 e. The van der Waals surface area contributed by atoms with Crippen LogP contribution in [0.5, 0.6) is 0 Å². The number of aryl methyl sites for hydroxylation is 1. The molecule has 0 radical (unpaired) electrons. The van der Waals surface area contributed by atoms with E-state index in [1.807, 2.05) is 0 Å². The van der Waals surface area contributed by atoms with Gasteiger partial charge in [-0.1, -0.05) is 36.4 Å². The Hall–Kier alpha value is -4.61. The molecule has 1 heterocycles. The summed E-state index contributed by atoms with van der Waals surface area (Å²) in [7, 11) is 4.47. The number of nitrogens with zero attached hydrogens (tertiary/aromatic N) is 3. The lowest BCUT2D eigenvalue weighted by Gasteiger charge is -2.24. The van der Waals surface area contributed by atoms with Crippen LogP contribution in [0.15, 0.2) is 79.0 Å². The Balaban J connectivity index is 1.81. The first-order valence-corrected chi connectivity index (χ1v) is 12.2. The van der Waals surface area contributed by atoms with Crippen molar-refractivity contribution in [2.24, 2.45) is 7.05 Å². The Labute approximate surface area is 231 Å². The van der Waals surface area contributed by atoms with Gasteiger partial charge in [0.15, 0.2) is 0 Å². The molecular weight excluding hydrogens is 550 g/mol. The van der Waals surface area contributed by atoms with Gasteiger partial charge in [0.05, 0.1) is 16.8 Å². The first-order chi connectivity index (χ1) is 19.2. The maximum absolute atomic E-state index is 13.8. The molecule has 3 aromatic carbocycles. The number of hydrogen-bond acceptors (Lipinski definition) is 3. The van der Waals surface area contributed by atoms with Gasteiger partial charge in [-0.05, 0) is 53.1 Å². The maximum atomic E-state index is 13.8. The SMILES string of the molecule is CN(C)C(=O)[C@@H](NC(=O)c1cc(-c2ccnn2C)ccc1-c1ccc(C(F)(F)F)cc1)c1cccc(C(F)(F)F)c1. The predicted octanol–water partition coefficient (Wildman–Crippen LogP) is 6.35. The number of nitrogens with one attached hydrogen (secondary N) is 1. The van der Waals surface area contributed by atoms with E-state index in [1.165, 1.54) is 44.6 Å². The van der Waals surface area contributed by atoms with Crippen LogP contribution in [0.2, 0.25) is 0 Å². The lowest BCUT2D eigenvalue weighted by atomic mass is 9.94. The van der Waals surface area contributed by atoms with E-state index in [2.05, 4.69) is 10.4 Å². The highest BCUT2D eigenvalue weighted by molar-refractivity contribution is 6.04. The highest BCUT2D eigenvalue weighted by Crippen LogP contribution is 2.34. The van der Waals surface area contributed by atoms with Gasteiger partial charge in [-0.25, -0.2) is 0 Å². The number of halogens is 6. The molecule has 4 rings (SSSR count). The molecule has 1 N–H and O–H groups in total. The molecule has 0 spiro atoms. The Morgan fingerprint density at radius 2 is 1.46 bits per heavy atom. The third-order valence-electron chi connectivity index (χ3n) is 6.41. The standard InChI is InChI=1S/C29H24F6N4O2/c1-38(2)27(41)25(19-5-4-6-21(15-19)29(33,34)35)37-26(40)23-16-18(24-13-14-36-39(24)3)9-12-22(23)17-7-10-20(11-8-17)28(30,31)32/h4-16,25H,1-3H3,(H,37,40)/t25-/m0/s1. The van der Waals surface area contributed by atoms with E-state index < -0.39 is 41.3 Å². The summed E-state index contributed by atoms with van der Waals surface area (Å²) in [6.45, 7) is 0. The summed E-state index contributed by atoms with van der Waals surface area (Å²) in [5.41, 5.74) is -0.268. The molecule has 41 heavy (non-hydrogen) atoms. The van der Waals surface area contributed by atoms with E-state index in [-0.39, 0.29) is 22.3 Å². The molecule has 2 amide bonds. The molecule has 0 fully saturated rings. The molecule has 0 unspecified atom stereocenters. The molecule has 214 valence electrons.